The molecule has 10 rings (SSSR count). The lowest BCUT2D eigenvalue weighted by molar-refractivity contribution is 0.592. The lowest BCUT2D eigenvalue weighted by atomic mass is 9.67. The van der Waals surface area contributed by atoms with Gasteiger partial charge in [0.2, 0.25) is 0 Å². The average Bonchev–Trinajstić information content (AvgIpc) is 3.22. The minimum atomic E-state index is -3.03. The summed E-state index contributed by atoms with van der Waals surface area (Å²) in [5.74, 6) is 0. The number of fused-ring (bicyclic) bond motifs is 5. The molecule has 2 heteroatoms. The second-order valence-electron chi connectivity index (χ2n) is 14.8. The first-order valence-electron chi connectivity index (χ1n) is 18.4. The van der Waals surface area contributed by atoms with Gasteiger partial charge in [-0.25, -0.2) is 0 Å². The van der Waals surface area contributed by atoms with Crippen molar-refractivity contribution in [3.8, 4) is 33.4 Å². The van der Waals surface area contributed by atoms with E-state index in [-0.39, 0.29) is 5.41 Å². The Morgan fingerprint density at radius 1 is 0.396 bits per heavy atom. The molecule has 0 fully saturated rings. The van der Waals surface area contributed by atoms with Crippen LogP contribution in [-0.2, 0) is 9.98 Å². The van der Waals surface area contributed by atoms with Crippen LogP contribution in [0.25, 0.3) is 65.7 Å². The van der Waals surface area contributed by atoms with Crippen LogP contribution >= 0.6 is 7.14 Å². The lowest BCUT2D eigenvalue weighted by Gasteiger charge is -2.36. The molecule has 53 heavy (non-hydrogen) atoms. The highest BCUT2D eigenvalue weighted by molar-refractivity contribution is 7.85. The molecule has 0 bridgehead atoms. The van der Waals surface area contributed by atoms with Gasteiger partial charge in [0.05, 0.1) is 0 Å². The standard InChI is InChI=1S/C51H37OP/c1-51(2)46-22-12-11-20-44(46)49-43-19-10-9-18-42(43)48(45-21-13-23-47(51)50(45)49)38-27-26-36-32-35(24-25-37(36)33-38)34-28-30-41(31-29-34)53(52,39-14-5-3-6-15-39)40-16-7-4-8-17-40/h3-33H,1-2H3. The van der Waals surface area contributed by atoms with Gasteiger partial charge in [0.15, 0.2) is 7.14 Å². The molecule has 0 N–H and O–H groups in total. The van der Waals surface area contributed by atoms with Crippen molar-refractivity contribution in [2.24, 2.45) is 0 Å². The van der Waals surface area contributed by atoms with Crippen LogP contribution in [0.1, 0.15) is 25.0 Å². The highest BCUT2D eigenvalue weighted by Gasteiger charge is 2.35. The molecule has 0 saturated carbocycles. The summed E-state index contributed by atoms with van der Waals surface area (Å²) in [6.07, 6.45) is 0. The molecule has 0 aliphatic heterocycles. The van der Waals surface area contributed by atoms with Crippen LogP contribution < -0.4 is 15.9 Å². The van der Waals surface area contributed by atoms with E-state index in [1.54, 1.807) is 0 Å². The molecule has 9 aromatic carbocycles. The van der Waals surface area contributed by atoms with Gasteiger partial charge >= 0.3 is 0 Å². The molecule has 1 aliphatic carbocycles. The maximum Gasteiger partial charge on any atom is 0.171 e. The smallest absolute Gasteiger partial charge is 0.171 e. The van der Waals surface area contributed by atoms with Gasteiger partial charge in [-0.1, -0.05) is 190 Å². The van der Waals surface area contributed by atoms with E-state index < -0.39 is 7.14 Å². The highest BCUT2D eigenvalue weighted by Crippen LogP contribution is 2.53. The molecule has 0 saturated heterocycles. The maximum absolute atomic E-state index is 14.9. The van der Waals surface area contributed by atoms with Crippen molar-refractivity contribution in [1.29, 1.82) is 0 Å². The Morgan fingerprint density at radius 3 is 1.57 bits per heavy atom. The molecule has 9 aromatic rings. The van der Waals surface area contributed by atoms with E-state index in [0.29, 0.717) is 0 Å². The zero-order chi connectivity index (χ0) is 35.7. The summed E-state index contributed by atoms with van der Waals surface area (Å²) < 4.78 is 14.9. The first-order valence-corrected chi connectivity index (χ1v) is 20.1. The summed E-state index contributed by atoms with van der Waals surface area (Å²) in [4.78, 5) is 0. The van der Waals surface area contributed by atoms with E-state index in [0.717, 1.165) is 27.0 Å². The Balaban J connectivity index is 1.08. The molecular weight excluding hydrogens is 660 g/mol. The van der Waals surface area contributed by atoms with Crippen LogP contribution in [-0.4, -0.2) is 0 Å². The van der Waals surface area contributed by atoms with Crippen molar-refractivity contribution < 1.29 is 4.57 Å². The zero-order valence-electron chi connectivity index (χ0n) is 29.8. The minimum Gasteiger partial charge on any atom is -0.309 e. The first kappa shape index (κ1) is 31.7. The minimum absolute atomic E-state index is 0.110. The molecule has 0 heterocycles. The number of benzene rings is 9. The second kappa shape index (κ2) is 12.0. The largest absolute Gasteiger partial charge is 0.309 e. The van der Waals surface area contributed by atoms with Gasteiger partial charge < -0.3 is 4.57 Å². The van der Waals surface area contributed by atoms with Crippen molar-refractivity contribution in [3.05, 3.63) is 199 Å². The fourth-order valence-corrected chi connectivity index (χ4v) is 11.5. The third-order valence-electron chi connectivity index (χ3n) is 11.5. The topological polar surface area (TPSA) is 17.1 Å². The molecule has 0 amide bonds. The number of hydrogen-bond acceptors (Lipinski definition) is 1. The van der Waals surface area contributed by atoms with Crippen molar-refractivity contribution in [2.45, 2.75) is 19.3 Å². The Kier molecular flexibility index (Phi) is 7.19. The van der Waals surface area contributed by atoms with E-state index in [1.807, 2.05) is 72.8 Å². The Morgan fingerprint density at radius 2 is 0.887 bits per heavy atom. The van der Waals surface area contributed by atoms with Gasteiger partial charge in [-0.15, -0.1) is 0 Å². The van der Waals surface area contributed by atoms with E-state index in [2.05, 4.69) is 129 Å². The molecule has 1 aliphatic rings. The molecule has 0 aromatic heterocycles. The van der Waals surface area contributed by atoms with E-state index in [4.69, 9.17) is 0 Å². The van der Waals surface area contributed by atoms with Crippen molar-refractivity contribution in [1.82, 2.24) is 0 Å². The second-order valence-corrected chi connectivity index (χ2v) is 17.6. The molecule has 0 atom stereocenters. The van der Waals surface area contributed by atoms with Crippen LogP contribution in [0.15, 0.2) is 188 Å². The van der Waals surface area contributed by atoms with Crippen molar-refractivity contribution in [2.75, 3.05) is 0 Å². The maximum atomic E-state index is 14.9. The SMILES string of the molecule is CC1(C)c2ccccc2-c2c3ccccc3c(-c3ccc4cc(-c5ccc(P(=O)(c6ccccc6)c6ccccc6)cc5)ccc4c3)c3cccc1c23. The summed E-state index contributed by atoms with van der Waals surface area (Å²) in [5.41, 5.74) is 10.1. The van der Waals surface area contributed by atoms with E-state index in [9.17, 15) is 4.57 Å². The summed E-state index contributed by atoms with van der Waals surface area (Å²) in [6.45, 7) is 4.73. The van der Waals surface area contributed by atoms with Crippen LogP contribution in [0.2, 0.25) is 0 Å². The van der Waals surface area contributed by atoms with Crippen molar-refractivity contribution >= 4 is 55.4 Å². The molecule has 0 radical (unpaired) electrons. The van der Waals surface area contributed by atoms with E-state index >= 15 is 0 Å². The van der Waals surface area contributed by atoms with Gasteiger partial charge in [-0.05, 0) is 89.0 Å². The van der Waals surface area contributed by atoms with Crippen LogP contribution in [0.3, 0.4) is 0 Å². The third-order valence-corrected chi connectivity index (χ3v) is 14.6. The fourth-order valence-electron chi connectivity index (χ4n) is 8.90. The third kappa shape index (κ3) is 4.81. The molecule has 0 unspecified atom stereocenters. The van der Waals surface area contributed by atoms with Crippen LogP contribution in [0.4, 0.5) is 0 Å². The zero-order valence-corrected chi connectivity index (χ0v) is 30.6. The summed E-state index contributed by atoms with van der Waals surface area (Å²) in [5, 5.41) is 10.2. The molecule has 1 nitrogen and oxygen atoms in total. The van der Waals surface area contributed by atoms with E-state index in [1.165, 1.54) is 65.7 Å². The van der Waals surface area contributed by atoms with Gasteiger partial charge in [0.1, 0.15) is 0 Å². The number of hydrogen-bond donors (Lipinski definition) is 0. The predicted octanol–water partition coefficient (Wildman–Crippen LogP) is 12.4. The summed E-state index contributed by atoms with van der Waals surface area (Å²) in [7, 11) is -3.03. The van der Waals surface area contributed by atoms with Crippen LogP contribution in [0, 0.1) is 0 Å². The lowest BCUT2D eigenvalue weighted by Crippen LogP contribution is -2.24. The number of rotatable bonds is 5. The fraction of sp³-hybridized carbons (Fsp3) is 0.0588. The monoisotopic (exact) mass is 696 g/mol. The highest BCUT2D eigenvalue weighted by atomic mass is 31.2. The quantitative estimate of drug-likeness (QED) is 0.129. The average molecular weight is 697 g/mol. The molecular formula is C51H37OP. The van der Waals surface area contributed by atoms with Crippen molar-refractivity contribution in [3.63, 3.8) is 0 Å². The first-order chi connectivity index (χ1) is 25.9. The summed E-state index contributed by atoms with van der Waals surface area (Å²) in [6, 6.07) is 66.5. The molecule has 0 spiro atoms. The van der Waals surface area contributed by atoms with Crippen LogP contribution in [0.5, 0.6) is 0 Å². The van der Waals surface area contributed by atoms with Gasteiger partial charge in [0, 0.05) is 21.3 Å². The predicted molar refractivity (Wildman–Crippen MR) is 227 cm³/mol. The van der Waals surface area contributed by atoms with Gasteiger partial charge in [-0.2, -0.15) is 0 Å². The normalized spacial score (nSPS) is 13.3. The summed E-state index contributed by atoms with van der Waals surface area (Å²) >= 11 is 0. The Bertz CT molecular complexity index is 2880. The van der Waals surface area contributed by atoms with Gasteiger partial charge in [0.25, 0.3) is 0 Å². The Labute approximate surface area is 310 Å². The Hall–Kier alpha value is -6.01. The van der Waals surface area contributed by atoms with Gasteiger partial charge in [-0.3, -0.25) is 0 Å². The molecule has 252 valence electrons.